The van der Waals surface area contributed by atoms with Crippen molar-refractivity contribution in [3.63, 3.8) is 0 Å². The molecule has 2 aromatic carbocycles. The quantitative estimate of drug-likeness (QED) is 0.752. The monoisotopic (exact) mass is 413 g/mol. The van der Waals surface area contributed by atoms with E-state index in [1.807, 2.05) is 62.4 Å². The Morgan fingerprint density at radius 1 is 1.10 bits per heavy atom. The van der Waals surface area contributed by atoms with Gasteiger partial charge in [-0.05, 0) is 63.0 Å². The summed E-state index contributed by atoms with van der Waals surface area (Å²) in [6.45, 7) is 5.81. The summed E-state index contributed by atoms with van der Waals surface area (Å²) < 4.78 is 0. The van der Waals surface area contributed by atoms with Gasteiger partial charge in [0.1, 0.15) is 0 Å². The summed E-state index contributed by atoms with van der Waals surface area (Å²) >= 11 is 6.14. The van der Waals surface area contributed by atoms with E-state index in [-0.39, 0.29) is 23.8 Å². The summed E-state index contributed by atoms with van der Waals surface area (Å²) in [5.74, 6) is 0.0444. The molecule has 0 unspecified atom stereocenters. The fraction of sp³-hybridized carbons (Fsp3) is 0.391. The van der Waals surface area contributed by atoms with Crippen molar-refractivity contribution in [3.05, 3.63) is 64.7 Å². The zero-order valence-corrected chi connectivity index (χ0v) is 17.7. The van der Waals surface area contributed by atoms with E-state index >= 15 is 0 Å². The third kappa shape index (κ3) is 5.58. The molecule has 1 saturated heterocycles. The number of halogens is 1. The normalized spacial score (nSPS) is 16.2. The molecule has 2 N–H and O–H groups in total. The molecule has 1 atom stereocenters. The predicted octanol–water partition coefficient (Wildman–Crippen LogP) is 4.00. The molecule has 2 amide bonds. The van der Waals surface area contributed by atoms with Gasteiger partial charge in [-0.2, -0.15) is 0 Å². The molecule has 5 nitrogen and oxygen atoms in total. The van der Waals surface area contributed by atoms with E-state index in [0.29, 0.717) is 11.6 Å². The molecule has 2 aromatic rings. The Labute approximate surface area is 177 Å². The number of carbonyl (C=O) groups is 2. The minimum Gasteiger partial charge on any atom is -0.352 e. The molecule has 6 heteroatoms. The first-order chi connectivity index (χ1) is 14.0. The molecular weight excluding hydrogens is 386 g/mol. The van der Waals surface area contributed by atoms with E-state index in [0.717, 1.165) is 42.7 Å². The van der Waals surface area contributed by atoms with Crippen molar-refractivity contribution in [2.24, 2.45) is 5.92 Å². The lowest BCUT2D eigenvalue weighted by atomic mass is 9.94. The molecule has 1 aliphatic rings. The second-order valence-corrected chi connectivity index (χ2v) is 8.00. The van der Waals surface area contributed by atoms with E-state index < -0.39 is 0 Å². The van der Waals surface area contributed by atoms with Crippen LogP contribution in [-0.4, -0.2) is 35.8 Å². The molecule has 29 heavy (non-hydrogen) atoms. The molecule has 3 rings (SSSR count). The summed E-state index contributed by atoms with van der Waals surface area (Å²) in [4.78, 5) is 27.3. The number of carbonyl (C=O) groups excluding carboxylic acids is 2. The molecule has 0 saturated carbocycles. The van der Waals surface area contributed by atoms with Crippen LogP contribution in [0.25, 0.3) is 0 Å². The second-order valence-electron chi connectivity index (χ2n) is 7.59. The van der Waals surface area contributed by atoms with Crippen molar-refractivity contribution in [1.29, 1.82) is 0 Å². The van der Waals surface area contributed by atoms with Gasteiger partial charge in [-0.15, -0.1) is 0 Å². The third-order valence-electron chi connectivity index (χ3n) is 5.66. The highest BCUT2D eigenvalue weighted by Crippen LogP contribution is 2.24. The zero-order chi connectivity index (χ0) is 20.8. The number of nitrogens with zero attached hydrogens (tertiary/aromatic N) is 1. The average molecular weight is 414 g/mol. The number of anilines is 1. The van der Waals surface area contributed by atoms with E-state index in [4.69, 9.17) is 11.6 Å². The standard InChI is InChI=1S/C23H28ClN3O2/c1-16-20(24)9-6-10-21(16)26-22(28)17(2)27-13-11-19(12-14-27)23(29)25-15-18-7-4-3-5-8-18/h3-10,17,19H,11-15H2,1-2H3,(H,25,29)(H,26,28)/t17-/m0/s1. The molecule has 154 valence electrons. The Balaban J connectivity index is 1.47. The Morgan fingerprint density at radius 2 is 1.79 bits per heavy atom. The van der Waals surface area contributed by atoms with Gasteiger partial charge in [0.05, 0.1) is 6.04 Å². The van der Waals surface area contributed by atoms with Crippen LogP contribution in [0.1, 0.15) is 30.9 Å². The Morgan fingerprint density at radius 3 is 2.48 bits per heavy atom. The Hall–Kier alpha value is -2.37. The lowest BCUT2D eigenvalue weighted by Crippen LogP contribution is -2.48. The van der Waals surface area contributed by atoms with Crippen LogP contribution in [0, 0.1) is 12.8 Å². The lowest BCUT2D eigenvalue weighted by molar-refractivity contribution is -0.127. The summed E-state index contributed by atoms with van der Waals surface area (Å²) in [6.07, 6.45) is 1.52. The number of hydrogen-bond acceptors (Lipinski definition) is 3. The van der Waals surface area contributed by atoms with Crippen molar-refractivity contribution < 1.29 is 9.59 Å². The van der Waals surface area contributed by atoms with Crippen LogP contribution in [0.3, 0.4) is 0 Å². The smallest absolute Gasteiger partial charge is 0.241 e. The van der Waals surface area contributed by atoms with E-state index in [2.05, 4.69) is 15.5 Å². The van der Waals surface area contributed by atoms with Gasteiger partial charge in [0.2, 0.25) is 11.8 Å². The van der Waals surface area contributed by atoms with Crippen molar-refractivity contribution in [1.82, 2.24) is 10.2 Å². The van der Waals surface area contributed by atoms with E-state index in [1.54, 1.807) is 0 Å². The number of amides is 2. The minimum atomic E-state index is -0.262. The first-order valence-corrected chi connectivity index (χ1v) is 10.4. The summed E-state index contributed by atoms with van der Waals surface area (Å²) in [5.41, 5.74) is 2.70. The van der Waals surface area contributed by atoms with Gasteiger partial charge in [0.25, 0.3) is 0 Å². The molecule has 0 aromatic heterocycles. The Kier molecular flexibility index (Phi) is 7.29. The molecule has 0 spiro atoms. The van der Waals surface area contributed by atoms with Gasteiger partial charge in [-0.1, -0.05) is 48.0 Å². The van der Waals surface area contributed by atoms with Gasteiger partial charge in [0, 0.05) is 23.2 Å². The number of benzene rings is 2. The van der Waals surface area contributed by atoms with Crippen LogP contribution in [0.15, 0.2) is 48.5 Å². The van der Waals surface area contributed by atoms with Gasteiger partial charge in [0.15, 0.2) is 0 Å². The van der Waals surface area contributed by atoms with Crippen LogP contribution in [-0.2, 0) is 16.1 Å². The van der Waals surface area contributed by atoms with Crippen LogP contribution in [0.5, 0.6) is 0 Å². The third-order valence-corrected chi connectivity index (χ3v) is 6.07. The maximum absolute atomic E-state index is 12.7. The fourth-order valence-corrected chi connectivity index (χ4v) is 3.80. The van der Waals surface area contributed by atoms with Crippen molar-refractivity contribution in [2.45, 2.75) is 39.3 Å². The van der Waals surface area contributed by atoms with Crippen molar-refractivity contribution in [2.75, 3.05) is 18.4 Å². The van der Waals surface area contributed by atoms with Gasteiger partial charge >= 0.3 is 0 Å². The highest BCUT2D eigenvalue weighted by atomic mass is 35.5. The van der Waals surface area contributed by atoms with Gasteiger partial charge in [-0.3, -0.25) is 14.5 Å². The molecule has 1 fully saturated rings. The largest absolute Gasteiger partial charge is 0.352 e. The fourth-order valence-electron chi connectivity index (χ4n) is 3.62. The second kappa shape index (κ2) is 9.90. The number of rotatable bonds is 6. The van der Waals surface area contributed by atoms with Crippen LogP contribution < -0.4 is 10.6 Å². The van der Waals surface area contributed by atoms with Crippen LogP contribution in [0.2, 0.25) is 5.02 Å². The minimum absolute atomic E-state index is 0.000368. The maximum Gasteiger partial charge on any atom is 0.241 e. The van der Waals surface area contributed by atoms with Crippen molar-refractivity contribution >= 4 is 29.1 Å². The van der Waals surface area contributed by atoms with Crippen molar-refractivity contribution in [3.8, 4) is 0 Å². The van der Waals surface area contributed by atoms with E-state index in [1.165, 1.54) is 0 Å². The number of piperidine rings is 1. The number of hydrogen-bond donors (Lipinski definition) is 2. The van der Waals surface area contributed by atoms with Gasteiger partial charge < -0.3 is 10.6 Å². The number of nitrogens with one attached hydrogen (secondary N) is 2. The maximum atomic E-state index is 12.7. The zero-order valence-electron chi connectivity index (χ0n) is 17.0. The summed E-state index contributed by atoms with van der Waals surface area (Å²) in [7, 11) is 0. The highest BCUT2D eigenvalue weighted by molar-refractivity contribution is 6.31. The molecular formula is C23H28ClN3O2. The van der Waals surface area contributed by atoms with Gasteiger partial charge in [-0.25, -0.2) is 0 Å². The predicted molar refractivity (Wildman–Crippen MR) is 117 cm³/mol. The molecule has 1 heterocycles. The van der Waals surface area contributed by atoms with E-state index in [9.17, 15) is 9.59 Å². The number of likely N-dealkylation sites (tertiary alicyclic amines) is 1. The molecule has 0 radical (unpaired) electrons. The first kappa shape index (κ1) is 21.3. The molecule has 0 bridgehead atoms. The highest BCUT2D eigenvalue weighted by Gasteiger charge is 2.29. The molecule has 1 aliphatic heterocycles. The first-order valence-electron chi connectivity index (χ1n) is 10.1. The Bertz CT molecular complexity index is 848. The average Bonchev–Trinajstić information content (AvgIpc) is 2.75. The topological polar surface area (TPSA) is 61.4 Å². The lowest BCUT2D eigenvalue weighted by Gasteiger charge is -2.34. The molecule has 0 aliphatic carbocycles. The van der Waals surface area contributed by atoms with Crippen LogP contribution in [0.4, 0.5) is 5.69 Å². The summed E-state index contributed by atoms with van der Waals surface area (Å²) in [6, 6.07) is 15.1. The SMILES string of the molecule is Cc1c(Cl)cccc1NC(=O)[C@H](C)N1CCC(C(=O)NCc2ccccc2)CC1. The summed E-state index contributed by atoms with van der Waals surface area (Å²) in [5, 5.41) is 6.64. The van der Waals surface area contributed by atoms with Crippen LogP contribution >= 0.6 is 11.6 Å².